The Hall–Kier alpha value is -0.170. The molecule has 0 aromatic heterocycles. The molecule has 6 heteroatoms. The fraction of sp³-hybridized carbons (Fsp3) is 1.00. The quantitative estimate of drug-likeness (QED) is 0.299. The summed E-state index contributed by atoms with van der Waals surface area (Å²) in [6, 6.07) is 0. The van der Waals surface area contributed by atoms with Crippen LogP contribution in [0.5, 0.6) is 0 Å². The van der Waals surface area contributed by atoms with Gasteiger partial charge in [-0.1, -0.05) is 90.9 Å². The highest BCUT2D eigenvalue weighted by Crippen LogP contribution is 2.18. The van der Waals surface area contributed by atoms with Gasteiger partial charge in [-0.2, -0.15) is 8.42 Å². The van der Waals surface area contributed by atoms with Crippen molar-refractivity contribution in [3.8, 4) is 0 Å². The summed E-state index contributed by atoms with van der Waals surface area (Å²) >= 11 is 0. The van der Waals surface area contributed by atoms with Crippen LogP contribution < -0.4 is 0 Å². The molecule has 0 fully saturated rings. The third kappa shape index (κ3) is 34.3. The van der Waals surface area contributed by atoms with E-state index in [9.17, 15) is 0 Å². The maximum Gasteiger partial charge on any atom is 0.394 e. The van der Waals surface area contributed by atoms with E-state index in [0.717, 1.165) is 12.3 Å². The molecule has 0 saturated heterocycles. The summed E-state index contributed by atoms with van der Waals surface area (Å²) in [5, 5.41) is 8.70. The Morgan fingerprint density at radius 3 is 1.48 bits per heavy atom. The van der Waals surface area contributed by atoms with Gasteiger partial charge in [0.05, 0.1) is 0 Å². The highest BCUT2D eigenvalue weighted by atomic mass is 32.3. The molecule has 23 heavy (non-hydrogen) atoms. The summed E-state index contributed by atoms with van der Waals surface area (Å²) in [5.41, 5.74) is 0. The first-order valence-electron chi connectivity index (χ1n) is 9.12. The standard InChI is InChI=1S/C17H36O.H2O4S/c1-3-4-5-6-7-8-11-14-17(2)15-12-9-10-13-16-18;1-5(2,3)4/h17-18H,3-16H2,1-2H3;(H2,1,2,3,4). The van der Waals surface area contributed by atoms with Gasteiger partial charge in [0.25, 0.3) is 0 Å². The lowest BCUT2D eigenvalue weighted by Gasteiger charge is -2.10. The van der Waals surface area contributed by atoms with Gasteiger partial charge >= 0.3 is 10.4 Å². The minimum atomic E-state index is -4.67. The number of hydrogen-bond donors (Lipinski definition) is 3. The molecule has 0 aliphatic rings. The molecule has 0 bridgehead atoms. The molecule has 0 aromatic rings. The van der Waals surface area contributed by atoms with Crippen LogP contribution in [0.15, 0.2) is 0 Å². The fourth-order valence-corrected chi connectivity index (χ4v) is 2.55. The van der Waals surface area contributed by atoms with Gasteiger partial charge in [-0.3, -0.25) is 9.11 Å². The number of aliphatic hydroxyl groups excluding tert-OH is 1. The smallest absolute Gasteiger partial charge is 0.394 e. The molecule has 3 N–H and O–H groups in total. The van der Waals surface area contributed by atoms with Gasteiger partial charge in [-0.05, 0) is 12.3 Å². The lowest BCUT2D eigenvalue weighted by Crippen LogP contribution is -1.95. The number of unbranched alkanes of at least 4 members (excludes halogenated alkanes) is 9. The summed E-state index contributed by atoms with van der Waals surface area (Å²) in [6.45, 7) is 5.05. The fourth-order valence-electron chi connectivity index (χ4n) is 2.55. The third-order valence-electron chi connectivity index (χ3n) is 3.91. The molecule has 0 aliphatic carbocycles. The maximum absolute atomic E-state index is 8.74. The molecule has 0 saturated carbocycles. The van der Waals surface area contributed by atoms with Gasteiger partial charge in [0.1, 0.15) is 0 Å². The highest BCUT2D eigenvalue weighted by molar-refractivity contribution is 7.79. The van der Waals surface area contributed by atoms with Crippen LogP contribution >= 0.6 is 0 Å². The van der Waals surface area contributed by atoms with E-state index in [2.05, 4.69) is 13.8 Å². The number of rotatable bonds is 14. The zero-order valence-corrected chi connectivity index (χ0v) is 15.9. The summed E-state index contributed by atoms with van der Waals surface area (Å²) in [4.78, 5) is 0. The average Bonchev–Trinajstić information content (AvgIpc) is 2.44. The van der Waals surface area contributed by atoms with Crippen LogP contribution in [0, 0.1) is 5.92 Å². The molecule has 5 nitrogen and oxygen atoms in total. The molecule has 0 radical (unpaired) electrons. The van der Waals surface area contributed by atoms with E-state index in [-0.39, 0.29) is 0 Å². The van der Waals surface area contributed by atoms with Crippen LogP contribution in [-0.2, 0) is 10.4 Å². The average molecular weight is 355 g/mol. The van der Waals surface area contributed by atoms with Crippen molar-refractivity contribution in [1.82, 2.24) is 0 Å². The first-order chi connectivity index (χ1) is 10.8. The van der Waals surface area contributed by atoms with Crippen molar-refractivity contribution in [2.24, 2.45) is 5.92 Å². The Balaban J connectivity index is 0. The van der Waals surface area contributed by atoms with E-state index < -0.39 is 10.4 Å². The van der Waals surface area contributed by atoms with Crippen molar-refractivity contribution in [2.45, 2.75) is 97.3 Å². The third-order valence-corrected chi connectivity index (χ3v) is 3.91. The Bertz CT molecular complexity index is 309. The van der Waals surface area contributed by atoms with Crippen molar-refractivity contribution in [3.05, 3.63) is 0 Å². The first-order valence-corrected chi connectivity index (χ1v) is 10.5. The zero-order chi connectivity index (χ0) is 18.0. The predicted molar refractivity (Wildman–Crippen MR) is 96.1 cm³/mol. The lowest BCUT2D eigenvalue weighted by atomic mass is 9.96. The molecule has 1 unspecified atom stereocenters. The summed E-state index contributed by atoms with van der Waals surface area (Å²) < 4.78 is 31.6. The van der Waals surface area contributed by atoms with Gasteiger partial charge in [0, 0.05) is 6.61 Å². The van der Waals surface area contributed by atoms with Crippen LogP contribution in [0.1, 0.15) is 97.3 Å². The van der Waals surface area contributed by atoms with E-state index in [1.165, 1.54) is 77.0 Å². The summed E-state index contributed by atoms with van der Waals surface area (Å²) in [7, 11) is -4.67. The predicted octanol–water partition coefficient (Wildman–Crippen LogP) is 5.05. The minimum Gasteiger partial charge on any atom is -0.396 e. The largest absolute Gasteiger partial charge is 0.396 e. The second kappa shape index (κ2) is 18.2. The molecular formula is C17H38O5S. The van der Waals surface area contributed by atoms with E-state index >= 15 is 0 Å². The van der Waals surface area contributed by atoms with Crippen LogP contribution in [0.3, 0.4) is 0 Å². The molecule has 1 atom stereocenters. The highest BCUT2D eigenvalue weighted by Gasteiger charge is 2.01. The van der Waals surface area contributed by atoms with E-state index in [0.29, 0.717) is 6.61 Å². The SMILES string of the molecule is CCCCCCCCCC(C)CCCCCCO.O=S(=O)(O)O. The second-order valence-corrected chi connectivity index (χ2v) is 7.29. The molecule has 142 valence electrons. The van der Waals surface area contributed by atoms with Gasteiger partial charge < -0.3 is 5.11 Å². The molecule has 0 rings (SSSR count). The van der Waals surface area contributed by atoms with Gasteiger partial charge in [0.15, 0.2) is 0 Å². The van der Waals surface area contributed by atoms with Crippen LogP contribution in [0.25, 0.3) is 0 Å². The maximum atomic E-state index is 8.74. The molecule has 0 amide bonds. The van der Waals surface area contributed by atoms with Crippen molar-refractivity contribution in [2.75, 3.05) is 6.61 Å². The molecular weight excluding hydrogens is 316 g/mol. The monoisotopic (exact) mass is 354 g/mol. The molecule has 0 spiro atoms. The van der Waals surface area contributed by atoms with Crippen molar-refractivity contribution in [1.29, 1.82) is 0 Å². The van der Waals surface area contributed by atoms with Gasteiger partial charge in [0.2, 0.25) is 0 Å². The van der Waals surface area contributed by atoms with Gasteiger partial charge in [-0.15, -0.1) is 0 Å². The normalized spacial score (nSPS) is 12.6. The number of hydrogen-bond acceptors (Lipinski definition) is 3. The van der Waals surface area contributed by atoms with Crippen LogP contribution in [-0.4, -0.2) is 29.2 Å². The van der Waals surface area contributed by atoms with Crippen LogP contribution in [0.2, 0.25) is 0 Å². The molecule has 0 aromatic carbocycles. The zero-order valence-electron chi connectivity index (χ0n) is 15.0. The minimum absolute atomic E-state index is 0.369. The topological polar surface area (TPSA) is 94.8 Å². The van der Waals surface area contributed by atoms with E-state index in [4.69, 9.17) is 22.6 Å². The van der Waals surface area contributed by atoms with Crippen molar-refractivity contribution in [3.63, 3.8) is 0 Å². The molecule has 0 aliphatic heterocycles. The Morgan fingerprint density at radius 1 is 0.739 bits per heavy atom. The van der Waals surface area contributed by atoms with Crippen molar-refractivity contribution >= 4 is 10.4 Å². The number of aliphatic hydroxyl groups is 1. The second-order valence-electron chi connectivity index (χ2n) is 6.39. The van der Waals surface area contributed by atoms with E-state index in [1.807, 2.05) is 0 Å². The van der Waals surface area contributed by atoms with E-state index in [1.54, 1.807) is 0 Å². The Kier molecular flexibility index (Phi) is 19.8. The molecule has 0 heterocycles. The van der Waals surface area contributed by atoms with Crippen LogP contribution in [0.4, 0.5) is 0 Å². The Morgan fingerprint density at radius 2 is 1.09 bits per heavy atom. The Labute approximate surface area is 143 Å². The summed E-state index contributed by atoms with van der Waals surface area (Å²) in [5.74, 6) is 0.912. The van der Waals surface area contributed by atoms with Gasteiger partial charge in [-0.25, -0.2) is 0 Å². The lowest BCUT2D eigenvalue weighted by molar-refractivity contribution is 0.281. The summed E-state index contributed by atoms with van der Waals surface area (Å²) in [6.07, 6.45) is 17.7. The van der Waals surface area contributed by atoms with Crippen molar-refractivity contribution < 1.29 is 22.6 Å². The first kappa shape index (κ1) is 25.1.